The van der Waals surface area contributed by atoms with Gasteiger partial charge in [-0.05, 0) is 49.9 Å². The first-order valence-electron chi connectivity index (χ1n) is 11.8. The lowest BCUT2D eigenvalue weighted by Crippen LogP contribution is -2.45. The van der Waals surface area contributed by atoms with Gasteiger partial charge in [0, 0.05) is 31.2 Å². The summed E-state index contributed by atoms with van der Waals surface area (Å²) in [6.45, 7) is 5.57. The third-order valence-corrected chi connectivity index (χ3v) is 6.14. The average molecular weight is 476 g/mol. The molecule has 0 radical (unpaired) electrons. The van der Waals surface area contributed by atoms with E-state index in [9.17, 15) is 14.9 Å². The van der Waals surface area contributed by atoms with Crippen LogP contribution in [0.25, 0.3) is 11.7 Å². The van der Waals surface area contributed by atoms with Crippen LogP contribution in [0, 0.1) is 24.2 Å². The van der Waals surface area contributed by atoms with Gasteiger partial charge in [0.05, 0.1) is 12.8 Å². The maximum atomic E-state index is 13.3. The fraction of sp³-hybridized carbons (Fsp3) is 0.385. The molecular weight excluding hydrogens is 446 g/mol. The lowest BCUT2D eigenvalue weighted by Gasteiger charge is -2.34. The quantitative estimate of drug-likeness (QED) is 0.519. The van der Waals surface area contributed by atoms with Gasteiger partial charge in [0.1, 0.15) is 6.07 Å². The van der Waals surface area contributed by atoms with Crippen molar-refractivity contribution in [2.75, 3.05) is 36.4 Å². The highest BCUT2D eigenvalue weighted by atomic mass is 16.4. The van der Waals surface area contributed by atoms with Crippen LogP contribution in [-0.2, 0) is 9.59 Å². The number of aromatic nitrogens is 1. The first kappa shape index (κ1) is 24.1. The van der Waals surface area contributed by atoms with Gasteiger partial charge in [-0.2, -0.15) is 10.2 Å². The minimum absolute atomic E-state index is 0.0132. The van der Waals surface area contributed by atoms with Crippen LogP contribution in [0.4, 0.5) is 11.6 Å². The number of hydrogen-bond donors (Lipinski definition) is 1. The summed E-state index contributed by atoms with van der Waals surface area (Å²) < 4.78 is 11.2. The van der Waals surface area contributed by atoms with E-state index in [2.05, 4.69) is 16.4 Å². The Kier molecular flexibility index (Phi) is 7.51. The summed E-state index contributed by atoms with van der Waals surface area (Å²) in [6, 6.07) is 13.1. The molecule has 1 N–H and O–H groups in total. The van der Waals surface area contributed by atoms with E-state index < -0.39 is 0 Å². The highest BCUT2D eigenvalue weighted by molar-refractivity contribution is 5.95. The molecule has 0 spiro atoms. The number of carbonyl (C=O) groups is 2. The molecular formula is C26H29N5O4. The summed E-state index contributed by atoms with van der Waals surface area (Å²) in [5.41, 5.74) is 1.92. The normalized spacial score (nSPS) is 13.9. The van der Waals surface area contributed by atoms with E-state index in [1.54, 1.807) is 17.0 Å². The summed E-state index contributed by atoms with van der Waals surface area (Å²) >= 11 is 0. The van der Waals surface area contributed by atoms with Crippen LogP contribution in [0.3, 0.4) is 0 Å². The molecule has 1 aliphatic heterocycles. The smallest absolute Gasteiger partial charge is 0.266 e. The van der Waals surface area contributed by atoms with Crippen molar-refractivity contribution in [1.82, 2.24) is 9.88 Å². The minimum Gasteiger partial charge on any atom is -0.459 e. The van der Waals surface area contributed by atoms with Gasteiger partial charge in [-0.1, -0.05) is 25.1 Å². The number of furan rings is 1. The number of nitrogens with zero attached hydrogens (tertiary/aromatic N) is 4. The molecule has 0 unspecified atom stereocenters. The molecule has 3 aromatic rings. The van der Waals surface area contributed by atoms with Crippen LogP contribution < -0.4 is 10.2 Å². The molecule has 0 aliphatic carbocycles. The molecule has 1 aliphatic rings. The largest absolute Gasteiger partial charge is 0.459 e. The van der Waals surface area contributed by atoms with Gasteiger partial charge < -0.3 is 24.0 Å². The molecule has 4 rings (SSSR count). The third kappa shape index (κ3) is 5.54. The second kappa shape index (κ2) is 10.9. The number of rotatable bonds is 8. The minimum atomic E-state index is -0.204. The van der Waals surface area contributed by atoms with E-state index in [0.717, 1.165) is 17.7 Å². The third-order valence-electron chi connectivity index (χ3n) is 6.14. The number of benzene rings is 1. The highest BCUT2D eigenvalue weighted by Gasteiger charge is 2.32. The van der Waals surface area contributed by atoms with Gasteiger partial charge in [-0.25, -0.2) is 0 Å². The van der Waals surface area contributed by atoms with E-state index in [1.165, 1.54) is 6.26 Å². The number of nitrogens with one attached hydrogen (secondary N) is 1. The van der Waals surface area contributed by atoms with Crippen molar-refractivity contribution in [2.45, 2.75) is 33.1 Å². The Labute approximate surface area is 204 Å². The summed E-state index contributed by atoms with van der Waals surface area (Å²) in [7, 11) is 0. The van der Waals surface area contributed by atoms with E-state index in [1.807, 2.05) is 43.0 Å². The Bertz CT molecular complexity index is 1200. The molecule has 3 heterocycles. The number of carbonyl (C=O) groups excluding carboxylic acids is 2. The molecule has 2 aromatic heterocycles. The van der Waals surface area contributed by atoms with Crippen LogP contribution in [0.1, 0.15) is 37.4 Å². The van der Waals surface area contributed by atoms with Crippen molar-refractivity contribution in [2.24, 2.45) is 5.92 Å². The van der Waals surface area contributed by atoms with Crippen molar-refractivity contribution in [3.8, 4) is 17.7 Å². The number of oxazole rings is 1. The highest BCUT2D eigenvalue weighted by Crippen LogP contribution is 2.31. The SMILES string of the molecule is CCCN(CC(=O)Nc1ccccc1C)C(=O)C1CCN(c2oc(-c3ccco3)nc2C#N)CC1. The van der Waals surface area contributed by atoms with Crippen molar-refractivity contribution in [3.63, 3.8) is 0 Å². The monoisotopic (exact) mass is 475 g/mol. The Hall–Kier alpha value is -4.06. The number of amides is 2. The number of nitriles is 1. The standard InChI is InChI=1S/C26H29N5O4/c1-3-12-31(17-23(32)28-20-8-5-4-7-18(20)2)25(33)19-10-13-30(14-11-19)26-21(16-27)29-24(35-26)22-9-6-15-34-22/h4-9,15,19H,3,10-14,17H2,1-2H3,(H,28,32). The molecule has 35 heavy (non-hydrogen) atoms. The summed E-state index contributed by atoms with van der Waals surface area (Å²) in [6.07, 6.45) is 3.48. The molecule has 0 saturated carbocycles. The number of aryl methyl sites for hydroxylation is 1. The second-order valence-electron chi connectivity index (χ2n) is 8.65. The fourth-order valence-electron chi connectivity index (χ4n) is 4.31. The molecule has 1 aromatic carbocycles. The van der Waals surface area contributed by atoms with E-state index in [4.69, 9.17) is 8.83 Å². The first-order chi connectivity index (χ1) is 17.0. The zero-order valence-electron chi connectivity index (χ0n) is 20.0. The maximum Gasteiger partial charge on any atom is 0.266 e. The van der Waals surface area contributed by atoms with Gasteiger partial charge in [-0.3, -0.25) is 9.59 Å². The Morgan fingerprint density at radius 1 is 1.23 bits per heavy atom. The molecule has 0 bridgehead atoms. The van der Waals surface area contributed by atoms with Gasteiger partial charge in [0.15, 0.2) is 5.76 Å². The van der Waals surface area contributed by atoms with Crippen LogP contribution >= 0.6 is 0 Å². The Morgan fingerprint density at radius 3 is 2.66 bits per heavy atom. The van der Waals surface area contributed by atoms with Crippen LogP contribution in [0.2, 0.25) is 0 Å². The van der Waals surface area contributed by atoms with Gasteiger partial charge in [-0.15, -0.1) is 0 Å². The summed E-state index contributed by atoms with van der Waals surface area (Å²) in [5.74, 6) is 0.700. The van der Waals surface area contributed by atoms with Gasteiger partial charge in [0.25, 0.3) is 5.89 Å². The van der Waals surface area contributed by atoms with Crippen LogP contribution in [0.15, 0.2) is 51.5 Å². The number of anilines is 2. The summed E-state index contributed by atoms with van der Waals surface area (Å²) in [4.78, 5) is 33.8. The second-order valence-corrected chi connectivity index (χ2v) is 8.65. The molecule has 9 heteroatoms. The molecule has 2 amide bonds. The van der Waals surface area contributed by atoms with Crippen molar-refractivity contribution < 1.29 is 18.4 Å². The van der Waals surface area contributed by atoms with Crippen molar-refractivity contribution in [3.05, 3.63) is 53.9 Å². The predicted octanol–water partition coefficient (Wildman–Crippen LogP) is 4.21. The molecule has 0 atom stereocenters. The molecule has 1 saturated heterocycles. The lowest BCUT2D eigenvalue weighted by atomic mass is 9.95. The number of piperidine rings is 1. The van der Waals surface area contributed by atoms with E-state index in [-0.39, 0.29) is 35.9 Å². The number of para-hydroxylation sites is 1. The van der Waals surface area contributed by atoms with Crippen LogP contribution in [0.5, 0.6) is 0 Å². The summed E-state index contributed by atoms with van der Waals surface area (Å²) in [5, 5.41) is 12.4. The topological polar surface area (TPSA) is 116 Å². The van der Waals surface area contributed by atoms with Gasteiger partial charge in [0.2, 0.25) is 23.4 Å². The van der Waals surface area contributed by atoms with E-state index in [0.29, 0.717) is 44.1 Å². The van der Waals surface area contributed by atoms with Crippen molar-refractivity contribution >= 4 is 23.4 Å². The van der Waals surface area contributed by atoms with E-state index >= 15 is 0 Å². The predicted molar refractivity (Wildman–Crippen MR) is 131 cm³/mol. The fourth-order valence-corrected chi connectivity index (χ4v) is 4.31. The van der Waals surface area contributed by atoms with Crippen molar-refractivity contribution in [1.29, 1.82) is 5.26 Å². The average Bonchev–Trinajstić information content (AvgIpc) is 3.55. The molecule has 1 fully saturated rings. The molecule has 9 nitrogen and oxygen atoms in total. The lowest BCUT2D eigenvalue weighted by molar-refractivity contribution is -0.139. The van der Waals surface area contributed by atoms with Crippen LogP contribution in [-0.4, -0.2) is 47.9 Å². The number of hydrogen-bond acceptors (Lipinski definition) is 7. The maximum absolute atomic E-state index is 13.3. The zero-order chi connectivity index (χ0) is 24.8. The Morgan fingerprint density at radius 2 is 2.00 bits per heavy atom. The van der Waals surface area contributed by atoms with Gasteiger partial charge >= 0.3 is 0 Å². The first-order valence-corrected chi connectivity index (χ1v) is 11.8. The Balaban J connectivity index is 1.38. The molecule has 182 valence electrons. The zero-order valence-corrected chi connectivity index (χ0v) is 20.0.